The van der Waals surface area contributed by atoms with Gasteiger partial charge in [0.05, 0.1) is 12.4 Å². The summed E-state index contributed by atoms with van der Waals surface area (Å²) >= 11 is 0. The van der Waals surface area contributed by atoms with Crippen LogP contribution in [0.2, 0.25) is 0 Å². The Balaban J connectivity index is 1.67. The maximum absolute atomic E-state index is 12.2. The van der Waals surface area contributed by atoms with Crippen molar-refractivity contribution in [1.82, 2.24) is 15.3 Å². The van der Waals surface area contributed by atoms with Crippen LogP contribution in [0.15, 0.2) is 42.7 Å². The summed E-state index contributed by atoms with van der Waals surface area (Å²) in [5, 5.41) is 11.8. The van der Waals surface area contributed by atoms with Crippen molar-refractivity contribution in [3.05, 3.63) is 59.7 Å². The maximum atomic E-state index is 12.2. The molecule has 112 valence electrons. The van der Waals surface area contributed by atoms with Crippen LogP contribution in [0.4, 0.5) is 0 Å². The standard InChI is InChI=1S/C16H15N3O3/c20-14(12-9-18-13(10-17-12)15(21)22)19-16(6-7-16)8-11-4-2-1-3-5-11/h1-5,9-10H,6-8H2,(H,19,20)(H,21,22). The summed E-state index contributed by atoms with van der Waals surface area (Å²) in [5.41, 5.74) is 0.907. The molecule has 1 saturated carbocycles. The fraction of sp³-hybridized carbons (Fsp3) is 0.250. The average molecular weight is 297 g/mol. The monoisotopic (exact) mass is 297 g/mol. The van der Waals surface area contributed by atoms with Crippen LogP contribution in [0.1, 0.15) is 39.4 Å². The summed E-state index contributed by atoms with van der Waals surface area (Å²) in [6, 6.07) is 9.98. The molecule has 2 aromatic rings. The van der Waals surface area contributed by atoms with Gasteiger partial charge in [0.15, 0.2) is 5.69 Å². The van der Waals surface area contributed by atoms with Crippen molar-refractivity contribution in [3.63, 3.8) is 0 Å². The smallest absolute Gasteiger partial charge is 0.356 e. The Kier molecular flexibility index (Phi) is 3.58. The molecule has 0 saturated heterocycles. The van der Waals surface area contributed by atoms with E-state index in [0.29, 0.717) is 0 Å². The van der Waals surface area contributed by atoms with Gasteiger partial charge in [-0.1, -0.05) is 30.3 Å². The van der Waals surface area contributed by atoms with Gasteiger partial charge in [0.2, 0.25) is 0 Å². The van der Waals surface area contributed by atoms with E-state index < -0.39 is 5.97 Å². The van der Waals surface area contributed by atoms with Gasteiger partial charge in [0.1, 0.15) is 5.69 Å². The second-order valence-corrected chi connectivity index (χ2v) is 5.49. The summed E-state index contributed by atoms with van der Waals surface area (Å²) < 4.78 is 0. The van der Waals surface area contributed by atoms with Crippen LogP contribution in [-0.4, -0.2) is 32.5 Å². The number of carboxylic acids is 1. The Morgan fingerprint density at radius 1 is 1.09 bits per heavy atom. The first-order chi connectivity index (χ1) is 10.6. The molecule has 0 unspecified atom stereocenters. The van der Waals surface area contributed by atoms with E-state index in [0.717, 1.165) is 25.5 Å². The Labute approximate surface area is 127 Å². The van der Waals surface area contributed by atoms with E-state index in [4.69, 9.17) is 5.11 Å². The Bertz CT molecular complexity index is 694. The number of rotatable bonds is 5. The second kappa shape index (κ2) is 5.55. The molecule has 0 radical (unpaired) electrons. The Morgan fingerprint density at radius 2 is 1.73 bits per heavy atom. The van der Waals surface area contributed by atoms with Crippen molar-refractivity contribution in [1.29, 1.82) is 0 Å². The van der Waals surface area contributed by atoms with Crippen molar-refractivity contribution in [2.75, 3.05) is 0 Å². The molecule has 2 N–H and O–H groups in total. The van der Waals surface area contributed by atoms with Crippen LogP contribution in [-0.2, 0) is 6.42 Å². The number of aromatic carboxylic acids is 1. The van der Waals surface area contributed by atoms with E-state index in [1.54, 1.807) is 0 Å². The van der Waals surface area contributed by atoms with Crippen LogP contribution in [0.5, 0.6) is 0 Å². The van der Waals surface area contributed by atoms with Crippen molar-refractivity contribution in [2.45, 2.75) is 24.8 Å². The fourth-order valence-corrected chi connectivity index (χ4v) is 2.34. The molecule has 1 aliphatic carbocycles. The van der Waals surface area contributed by atoms with Gasteiger partial charge in [0.25, 0.3) is 5.91 Å². The van der Waals surface area contributed by atoms with Gasteiger partial charge in [-0.25, -0.2) is 14.8 Å². The molecule has 1 aromatic heterocycles. The number of aromatic nitrogens is 2. The van der Waals surface area contributed by atoms with Crippen molar-refractivity contribution >= 4 is 11.9 Å². The van der Waals surface area contributed by atoms with E-state index in [1.807, 2.05) is 30.3 Å². The number of carboxylic acid groups (broad SMARTS) is 1. The van der Waals surface area contributed by atoms with Crippen LogP contribution in [0, 0.1) is 0 Å². The van der Waals surface area contributed by atoms with E-state index in [-0.39, 0.29) is 22.8 Å². The number of carbonyl (C=O) groups excluding carboxylic acids is 1. The van der Waals surface area contributed by atoms with Crippen molar-refractivity contribution in [3.8, 4) is 0 Å². The third kappa shape index (κ3) is 3.11. The minimum atomic E-state index is -1.16. The van der Waals surface area contributed by atoms with Gasteiger partial charge in [-0.2, -0.15) is 0 Å². The lowest BCUT2D eigenvalue weighted by molar-refractivity contribution is 0.0688. The highest BCUT2D eigenvalue weighted by atomic mass is 16.4. The zero-order chi connectivity index (χ0) is 15.6. The van der Waals surface area contributed by atoms with Gasteiger partial charge in [-0.15, -0.1) is 0 Å². The summed E-state index contributed by atoms with van der Waals surface area (Å²) in [6.07, 6.45) is 4.91. The first kappa shape index (κ1) is 14.2. The molecule has 0 atom stereocenters. The predicted molar refractivity (Wildman–Crippen MR) is 78.6 cm³/mol. The van der Waals surface area contributed by atoms with E-state index >= 15 is 0 Å². The highest BCUT2D eigenvalue weighted by Crippen LogP contribution is 2.38. The predicted octanol–water partition coefficient (Wildman–Crippen LogP) is 1.68. The van der Waals surface area contributed by atoms with Gasteiger partial charge in [0, 0.05) is 5.54 Å². The molecule has 1 heterocycles. The fourth-order valence-electron chi connectivity index (χ4n) is 2.34. The topological polar surface area (TPSA) is 92.2 Å². The van der Waals surface area contributed by atoms with Gasteiger partial charge >= 0.3 is 5.97 Å². The molecule has 0 spiro atoms. The average Bonchev–Trinajstić information content (AvgIpc) is 3.27. The van der Waals surface area contributed by atoms with Crippen molar-refractivity contribution in [2.24, 2.45) is 0 Å². The summed E-state index contributed by atoms with van der Waals surface area (Å²) in [4.78, 5) is 30.5. The second-order valence-electron chi connectivity index (χ2n) is 5.49. The third-order valence-electron chi connectivity index (χ3n) is 3.72. The number of benzene rings is 1. The number of nitrogens with one attached hydrogen (secondary N) is 1. The maximum Gasteiger partial charge on any atom is 0.356 e. The minimum Gasteiger partial charge on any atom is -0.476 e. The molecule has 6 nitrogen and oxygen atoms in total. The number of hydrogen-bond donors (Lipinski definition) is 2. The largest absolute Gasteiger partial charge is 0.476 e. The highest BCUT2D eigenvalue weighted by molar-refractivity contribution is 5.93. The molecule has 0 aliphatic heterocycles. The molecular formula is C16H15N3O3. The number of carbonyl (C=O) groups is 2. The van der Waals surface area contributed by atoms with E-state index in [2.05, 4.69) is 15.3 Å². The van der Waals surface area contributed by atoms with Crippen LogP contribution < -0.4 is 5.32 Å². The van der Waals surface area contributed by atoms with E-state index in [9.17, 15) is 9.59 Å². The molecule has 22 heavy (non-hydrogen) atoms. The third-order valence-corrected chi connectivity index (χ3v) is 3.72. The molecule has 6 heteroatoms. The molecule has 1 fully saturated rings. The molecule has 3 rings (SSSR count). The number of nitrogens with zero attached hydrogens (tertiary/aromatic N) is 2. The van der Waals surface area contributed by atoms with Crippen LogP contribution in [0.3, 0.4) is 0 Å². The first-order valence-electron chi connectivity index (χ1n) is 7.00. The molecule has 0 bridgehead atoms. The normalized spacial score (nSPS) is 15.1. The lowest BCUT2D eigenvalue weighted by Crippen LogP contribution is -2.39. The van der Waals surface area contributed by atoms with Crippen LogP contribution in [0.25, 0.3) is 0 Å². The van der Waals surface area contributed by atoms with Gasteiger partial charge < -0.3 is 10.4 Å². The zero-order valence-corrected chi connectivity index (χ0v) is 11.8. The van der Waals surface area contributed by atoms with Gasteiger partial charge in [-0.3, -0.25) is 4.79 Å². The summed E-state index contributed by atoms with van der Waals surface area (Å²) in [6.45, 7) is 0. The van der Waals surface area contributed by atoms with E-state index in [1.165, 1.54) is 11.8 Å². The zero-order valence-electron chi connectivity index (χ0n) is 11.8. The number of amides is 1. The number of hydrogen-bond acceptors (Lipinski definition) is 4. The quantitative estimate of drug-likeness (QED) is 0.876. The SMILES string of the molecule is O=C(O)c1cnc(C(=O)NC2(Cc3ccccc3)CC2)cn1. The minimum absolute atomic E-state index is 0.129. The Hall–Kier alpha value is -2.76. The molecular weight excluding hydrogens is 282 g/mol. The molecule has 1 amide bonds. The van der Waals surface area contributed by atoms with Gasteiger partial charge in [-0.05, 0) is 24.8 Å². The lowest BCUT2D eigenvalue weighted by Gasteiger charge is -2.17. The highest BCUT2D eigenvalue weighted by Gasteiger charge is 2.44. The first-order valence-corrected chi connectivity index (χ1v) is 7.00. The summed E-state index contributed by atoms with van der Waals surface area (Å²) in [7, 11) is 0. The molecule has 1 aliphatic rings. The summed E-state index contributed by atoms with van der Waals surface area (Å²) in [5.74, 6) is -1.49. The van der Waals surface area contributed by atoms with Crippen molar-refractivity contribution < 1.29 is 14.7 Å². The Morgan fingerprint density at radius 3 is 2.27 bits per heavy atom. The lowest BCUT2D eigenvalue weighted by atomic mass is 10.0. The molecule has 1 aromatic carbocycles. The van der Waals surface area contributed by atoms with Crippen LogP contribution >= 0.6 is 0 Å².